The van der Waals surface area contributed by atoms with Gasteiger partial charge in [0.2, 0.25) is 0 Å². The molecule has 2 unspecified atom stereocenters. The Morgan fingerprint density at radius 3 is 2.81 bits per heavy atom. The molecule has 3 N–H and O–H groups in total. The maximum Gasteiger partial charge on any atom is 0.0495 e. The Hall–Kier alpha value is -0.730. The predicted molar refractivity (Wildman–Crippen MR) is 93.1 cm³/mol. The minimum atomic E-state index is 0.0427. The summed E-state index contributed by atoms with van der Waals surface area (Å²) >= 11 is 6.25. The molecule has 1 aromatic carbocycles. The molecule has 2 rings (SSSR count). The molecule has 1 aromatic rings. The summed E-state index contributed by atoms with van der Waals surface area (Å²) in [7, 11) is 0. The zero-order chi connectivity index (χ0) is 15.3. The molecular formula is C18H29ClN2. The maximum atomic E-state index is 6.25. The van der Waals surface area contributed by atoms with Gasteiger partial charge in [-0.2, -0.15) is 0 Å². The average molecular weight is 309 g/mol. The van der Waals surface area contributed by atoms with Crippen molar-refractivity contribution in [1.82, 2.24) is 0 Å². The van der Waals surface area contributed by atoms with E-state index in [1.807, 2.05) is 13.0 Å². The van der Waals surface area contributed by atoms with Gasteiger partial charge in [-0.05, 0) is 49.8 Å². The Labute approximate surface area is 134 Å². The van der Waals surface area contributed by atoms with Crippen molar-refractivity contribution in [3.8, 4) is 0 Å². The molecule has 1 saturated carbocycles. The largest absolute Gasteiger partial charge is 0.378 e. The molecular weight excluding hydrogens is 280 g/mol. The van der Waals surface area contributed by atoms with Crippen LogP contribution in [-0.2, 0) is 0 Å². The molecule has 118 valence electrons. The highest BCUT2D eigenvalue weighted by atomic mass is 35.5. The quantitative estimate of drug-likeness (QED) is 0.739. The van der Waals surface area contributed by atoms with Gasteiger partial charge < -0.3 is 11.1 Å². The van der Waals surface area contributed by atoms with Crippen molar-refractivity contribution in [3.63, 3.8) is 0 Å². The second-order valence-corrected chi connectivity index (χ2v) is 7.07. The van der Waals surface area contributed by atoms with Gasteiger partial charge in [0.15, 0.2) is 0 Å². The van der Waals surface area contributed by atoms with E-state index in [1.165, 1.54) is 38.5 Å². The number of halogens is 1. The molecule has 1 aliphatic rings. The lowest BCUT2D eigenvalue weighted by atomic mass is 9.88. The van der Waals surface area contributed by atoms with Crippen LogP contribution in [0.4, 0.5) is 5.69 Å². The Morgan fingerprint density at radius 2 is 2.14 bits per heavy atom. The number of aryl methyl sites for hydroxylation is 1. The SMILES string of the molecule is CCCC1CCCC(CN)(Nc2ccc(C)c(Cl)c2)CC1. The molecule has 0 bridgehead atoms. The van der Waals surface area contributed by atoms with Crippen molar-refractivity contribution in [2.75, 3.05) is 11.9 Å². The van der Waals surface area contributed by atoms with E-state index in [2.05, 4.69) is 24.4 Å². The fourth-order valence-corrected chi connectivity index (χ4v) is 3.71. The van der Waals surface area contributed by atoms with Gasteiger partial charge in [-0.25, -0.2) is 0 Å². The van der Waals surface area contributed by atoms with Crippen LogP contribution in [0.15, 0.2) is 18.2 Å². The number of nitrogens with two attached hydrogens (primary N) is 1. The summed E-state index contributed by atoms with van der Waals surface area (Å²) < 4.78 is 0. The zero-order valence-electron chi connectivity index (χ0n) is 13.4. The molecule has 21 heavy (non-hydrogen) atoms. The summed E-state index contributed by atoms with van der Waals surface area (Å²) in [6.07, 6.45) is 8.89. The molecule has 0 saturated heterocycles. The van der Waals surface area contributed by atoms with Crippen molar-refractivity contribution >= 4 is 17.3 Å². The molecule has 0 aliphatic heterocycles. The van der Waals surface area contributed by atoms with Gasteiger partial charge in [0, 0.05) is 22.8 Å². The third kappa shape index (κ3) is 4.37. The highest BCUT2D eigenvalue weighted by Crippen LogP contribution is 2.35. The van der Waals surface area contributed by atoms with E-state index in [0.717, 1.165) is 28.6 Å². The van der Waals surface area contributed by atoms with Crippen molar-refractivity contribution in [2.24, 2.45) is 11.7 Å². The van der Waals surface area contributed by atoms with Gasteiger partial charge in [0.25, 0.3) is 0 Å². The molecule has 0 aromatic heterocycles. The number of benzene rings is 1. The lowest BCUT2D eigenvalue weighted by molar-refractivity contribution is 0.390. The molecule has 0 spiro atoms. The van der Waals surface area contributed by atoms with Crippen LogP contribution >= 0.6 is 11.6 Å². The first-order valence-electron chi connectivity index (χ1n) is 8.33. The van der Waals surface area contributed by atoms with Crippen LogP contribution in [0.2, 0.25) is 5.02 Å². The van der Waals surface area contributed by atoms with Gasteiger partial charge in [-0.1, -0.05) is 50.3 Å². The van der Waals surface area contributed by atoms with E-state index in [9.17, 15) is 0 Å². The van der Waals surface area contributed by atoms with Gasteiger partial charge in [0.1, 0.15) is 0 Å². The lowest BCUT2D eigenvalue weighted by Gasteiger charge is -2.34. The fourth-order valence-electron chi connectivity index (χ4n) is 3.53. The fraction of sp³-hybridized carbons (Fsp3) is 0.667. The number of rotatable bonds is 5. The van der Waals surface area contributed by atoms with Crippen molar-refractivity contribution < 1.29 is 0 Å². The number of hydrogen-bond donors (Lipinski definition) is 2. The van der Waals surface area contributed by atoms with Gasteiger partial charge in [-0.3, -0.25) is 0 Å². The first-order valence-corrected chi connectivity index (χ1v) is 8.71. The molecule has 1 aliphatic carbocycles. The molecule has 0 amide bonds. The molecule has 1 fully saturated rings. The molecule has 2 nitrogen and oxygen atoms in total. The van der Waals surface area contributed by atoms with Crippen LogP contribution in [-0.4, -0.2) is 12.1 Å². The van der Waals surface area contributed by atoms with E-state index in [1.54, 1.807) is 0 Å². The normalized spacial score (nSPS) is 26.4. The minimum absolute atomic E-state index is 0.0427. The summed E-state index contributed by atoms with van der Waals surface area (Å²) in [5.41, 5.74) is 8.41. The van der Waals surface area contributed by atoms with Gasteiger partial charge in [-0.15, -0.1) is 0 Å². The second-order valence-electron chi connectivity index (χ2n) is 6.66. The predicted octanol–water partition coefficient (Wildman–Crippen LogP) is 5.14. The number of anilines is 1. The molecule has 2 atom stereocenters. The van der Waals surface area contributed by atoms with Gasteiger partial charge in [0.05, 0.1) is 0 Å². The van der Waals surface area contributed by atoms with Crippen LogP contribution in [0.3, 0.4) is 0 Å². The zero-order valence-corrected chi connectivity index (χ0v) is 14.2. The van der Waals surface area contributed by atoms with E-state index in [4.69, 9.17) is 17.3 Å². The van der Waals surface area contributed by atoms with E-state index < -0.39 is 0 Å². The first-order chi connectivity index (χ1) is 10.1. The number of nitrogens with one attached hydrogen (secondary N) is 1. The Morgan fingerprint density at radius 1 is 1.33 bits per heavy atom. The molecule has 0 heterocycles. The van der Waals surface area contributed by atoms with E-state index >= 15 is 0 Å². The van der Waals surface area contributed by atoms with Crippen LogP contribution in [0, 0.1) is 12.8 Å². The highest BCUT2D eigenvalue weighted by Gasteiger charge is 2.31. The monoisotopic (exact) mass is 308 g/mol. The van der Waals surface area contributed by atoms with Crippen LogP contribution in [0.1, 0.15) is 57.4 Å². The molecule has 0 radical (unpaired) electrons. The third-order valence-electron chi connectivity index (χ3n) is 4.97. The molecule has 3 heteroatoms. The summed E-state index contributed by atoms with van der Waals surface area (Å²) in [6.45, 7) is 5.01. The topological polar surface area (TPSA) is 38.0 Å². The Balaban J connectivity index is 2.08. The maximum absolute atomic E-state index is 6.25. The second kappa shape index (κ2) is 7.51. The van der Waals surface area contributed by atoms with Crippen LogP contribution < -0.4 is 11.1 Å². The number of hydrogen-bond acceptors (Lipinski definition) is 2. The van der Waals surface area contributed by atoms with E-state index in [0.29, 0.717) is 6.54 Å². The summed E-state index contributed by atoms with van der Waals surface area (Å²) in [5, 5.41) is 4.53. The Kier molecular flexibility index (Phi) is 5.95. The van der Waals surface area contributed by atoms with Crippen molar-refractivity contribution in [3.05, 3.63) is 28.8 Å². The Bertz CT molecular complexity index is 461. The summed E-state index contributed by atoms with van der Waals surface area (Å²) in [6, 6.07) is 6.22. The van der Waals surface area contributed by atoms with Crippen LogP contribution in [0.25, 0.3) is 0 Å². The first kappa shape index (κ1) is 16.6. The minimum Gasteiger partial charge on any atom is -0.378 e. The summed E-state index contributed by atoms with van der Waals surface area (Å²) in [5.74, 6) is 0.881. The van der Waals surface area contributed by atoms with Crippen molar-refractivity contribution in [2.45, 2.75) is 64.3 Å². The third-order valence-corrected chi connectivity index (χ3v) is 5.38. The summed E-state index contributed by atoms with van der Waals surface area (Å²) in [4.78, 5) is 0. The smallest absolute Gasteiger partial charge is 0.0495 e. The standard InChI is InChI=1S/C18H29ClN2/c1-3-5-15-6-4-10-18(13-20,11-9-15)21-16-8-7-14(2)17(19)12-16/h7-8,12,15,21H,3-6,9-11,13,20H2,1-2H3. The van der Waals surface area contributed by atoms with Crippen molar-refractivity contribution in [1.29, 1.82) is 0 Å². The van der Waals surface area contributed by atoms with E-state index in [-0.39, 0.29) is 5.54 Å². The lowest BCUT2D eigenvalue weighted by Crippen LogP contribution is -2.45. The van der Waals surface area contributed by atoms with Crippen LogP contribution in [0.5, 0.6) is 0 Å². The average Bonchev–Trinajstić information content (AvgIpc) is 2.67. The van der Waals surface area contributed by atoms with Gasteiger partial charge >= 0.3 is 0 Å². The highest BCUT2D eigenvalue weighted by molar-refractivity contribution is 6.31.